The van der Waals surface area contributed by atoms with Crippen LogP contribution in [0.15, 0.2) is 54.7 Å². The van der Waals surface area contributed by atoms with E-state index >= 15 is 0 Å². The third kappa shape index (κ3) is 4.28. The number of pyridine rings is 2. The molecule has 8 nitrogen and oxygen atoms in total. The standard InChI is InChI=1S/C27H28N6O2/c1-16-6-5-7-18(14-16)22-23(32-26(31-22)27(2,3)4)19-10-8-17-9-11-21-29-20(25(35)28-12-13-34)15-33(21)24(17)30-19/h5-11,14-15,34H,12-13H2,1-4H3,(H,28,35)(H,31,32). The molecule has 3 N–H and O–H groups in total. The molecule has 8 heteroatoms. The lowest BCUT2D eigenvalue weighted by Gasteiger charge is -2.14. The molecule has 0 saturated carbocycles. The van der Waals surface area contributed by atoms with E-state index in [9.17, 15) is 4.79 Å². The summed E-state index contributed by atoms with van der Waals surface area (Å²) >= 11 is 0. The van der Waals surface area contributed by atoms with Crippen molar-refractivity contribution < 1.29 is 9.90 Å². The van der Waals surface area contributed by atoms with Crippen molar-refractivity contribution in [2.24, 2.45) is 0 Å². The van der Waals surface area contributed by atoms with Gasteiger partial charge in [-0.25, -0.2) is 15.0 Å². The number of fused-ring (bicyclic) bond motifs is 3. The van der Waals surface area contributed by atoms with Crippen molar-refractivity contribution in [3.63, 3.8) is 0 Å². The van der Waals surface area contributed by atoms with Gasteiger partial charge < -0.3 is 15.4 Å². The number of aliphatic hydroxyl groups excluding tert-OH is 1. The van der Waals surface area contributed by atoms with E-state index < -0.39 is 0 Å². The fourth-order valence-electron chi connectivity index (χ4n) is 4.05. The molecule has 5 rings (SSSR count). The second kappa shape index (κ2) is 8.63. The number of aromatic amines is 1. The van der Waals surface area contributed by atoms with Crippen LogP contribution in [0.2, 0.25) is 0 Å². The Hall–Kier alpha value is -4.04. The van der Waals surface area contributed by atoms with Crippen molar-refractivity contribution in [2.75, 3.05) is 13.2 Å². The number of aromatic nitrogens is 5. The van der Waals surface area contributed by atoms with Crippen molar-refractivity contribution in [3.05, 3.63) is 71.8 Å². The first-order valence-corrected chi connectivity index (χ1v) is 11.6. The quantitative estimate of drug-likeness (QED) is 0.357. The third-order valence-electron chi connectivity index (χ3n) is 5.87. The van der Waals surface area contributed by atoms with E-state index in [1.807, 2.05) is 34.7 Å². The van der Waals surface area contributed by atoms with Crippen LogP contribution in [0.5, 0.6) is 0 Å². The fraction of sp³-hybridized carbons (Fsp3) is 0.259. The summed E-state index contributed by atoms with van der Waals surface area (Å²) < 4.78 is 1.82. The van der Waals surface area contributed by atoms with Crippen LogP contribution >= 0.6 is 0 Å². The van der Waals surface area contributed by atoms with E-state index in [0.29, 0.717) is 11.3 Å². The summed E-state index contributed by atoms with van der Waals surface area (Å²) in [4.78, 5) is 30.3. The summed E-state index contributed by atoms with van der Waals surface area (Å²) in [5.41, 5.74) is 6.06. The molecular weight excluding hydrogens is 440 g/mol. The van der Waals surface area contributed by atoms with Gasteiger partial charge in [-0.05, 0) is 37.3 Å². The highest BCUT2D eigenvalue weighted by Gasteiger charge is 2.23. The number of carbonyl (C=O) groups is 1. The van der Waals surface area contributed by atoms with Gasteiger partial charge in [-0.1, -0.05) is 44.5 Å². The Morgan fingerprint density at radius 1 is 1.09 bits per heavy atom. The molecule has 0 atom stereocenters. The molecule has 0 spiro atoms. The van der Waals surface area contributed by atoms with Crippen molar-refractivity contribution in [2.45, 2.75) is 33.1 Å². The molecule has 1 amide bonds. The van der Waals surface area contributed by atoms with Crippen LogP contribution in [0.4, 0.5) is 0 Å². The highest BCUT2D eigenvalue weighted by atomic mass is 16.3. The summed E-state index contributed by atoms with van der Waals surface area (Å²) in [6.45, 7) is 8.49. The van der Waals surface area contributed by atoms with Crippen LogP contribution < -0.4 is 5.32 Å². The number of carbonyl (C=O) groups excluding carboxylic acids is 1. The van der Waals surface area contributed by atoms with Crippen LogP contribution in [0.3, 0.4) is 0 Å². The molecule has 1 aromatic carbocycles. The number of H-pyrrole nitrogens is 1. The lowest BCUT2D eigenvalue weighted by molar-refractivity contribution is 0.0940. The Labute approximate surface area is 203 Å². The van der Waals surface area contributed by atoms with Gasteiger partial charge in [-0.3, -0.25) is 9.20 Å². The first-order valence-electron chi connectivity index (χ1n) is 11.6. The van der Waals surface area contributed by atoms with Crippen molar-refractivity contribution in [1.29, 1.82) is 0 Å². The Bertz CT molecular complexity index is 1560. The van der Waals surface area contributed by atoms with E-state index in [-0.39, 0.29) is 30.2 Å². The predicted octanol–water partition coefficient (Wildman–Crippen LogP) is 4.27. The minimum Gasteiger partial charge on any atom is -0.395 e. The van der Waals surface area contributed by atoms with Crippen molar-refractivity contribution >= 4 is 22.6 Å². The van der Waals surface area contributed by atoms with Gasteiger partial charge in [0.25, 0.3) is 5.91 Å². The largest absolute Gasteiger partial charge is 0.395 e. The maximum absolute atomic E-state index is 12.4. The van der Waals surface area contributed by atoms with E-state index in [1.165, 1.54) is 0 Å². The molecule has 178 valence electrons. The zero-order valence-electron chi connectivity index (χ0n) is 20.3. The van der Waals surface area contributed by atoms with E-state index in [0.717, 1.165) is 39.4 Å². The molecule has 35 heavy (non-hydrogen) atoms. The smallest absolute Gasteiger partial charge is 0.271 e. The molecule has 0 saturated heterocycles. The molecule has 0 aliphatic rings. The number of rotatable bonds is 5. The lowest BCUT2D eigenvalue weighted by atomic mass is 9.96. The van der Waals surface area contributed by atoms with Gasteiger partial charge in [0.2, 0.25) is 0 Å². The highest BCUT2D eigenvalue weighted by molar-refractivity contribution is 5.93. The van der Waals surface area contributed by atoms with E-state index in [2.05, 4.69) is 61.2 Å². The number of aliphatic hydroxyl groups is 1. The number of amides is 1. The molecule has 0 radical (unpaired) electrons. The molecule has 5 aromatic rings. The van der Waals surface area contributed by atoms with E-state index in [4.69, 9.17) is 15.1 Å². The number of imidazole rings is 2. The van der Waals surface area contributed by atoms with Crippen LogP contribution in [0.25, 0.3) is 39.3 Å². The molecule has 4 heterocycles. The van der Waals surface area contributed by atoms with Crippen molar-refractivity contribution in [1.82, 2.24) is 29.7 Å². The first-order chi connectivity index (χ1) is 16.7. The van der Waals surface area contributed by atoms with Crippen LogP contribution in [-0.2, 0) is 5.41 Å². The highest BCUT2D eigenvalue weighted by Crippen LogP contribution is 2.33. The third-order valence-corrected chi connectivity index (χ3v) is 5.87. The average molecular weight is 469 g/mol. The summed E-state index contributed by atoms with van der Waals surface area (Å²) in [6.07, 6.45) is 1.68. The summed E-state index contributed by atoms with van der Waals surface area (Å²) in [7, 11) is 0. The minimum atomic E-state index is -0.336. The molecule has 4 aromatic heterocycles. The molecular formula is C27H28N6O2. The monoisotopic (exact) mass is 468 g/mol. The maximum atomic E-state index is 12.4. The summed E-state index contributed by atoms with van der Waals surface area (Å²) in [6, 6.07) is 16.1. The van der Waals surface area contributed by atoms with Crippen LogP contribution in [-0.4, -0.2) is 48.5 Å². The lowest BCUT2D eigenvalue weighted by Crippen LogP contribution is -2.26. The van der Waals surface area contributed by atoms with E-state index in [1.54, 1.807) is 6.20 Å². The van der Waals surface area contributed by atoms with Crippen molar-refractivity contribution in [3.8, 4) is 22.6 Å². The number of benzene rings is 1. The number of hydrogen-bond acceptors (Lipinski definition) is 5. The second-order valence-corrected chi connectivity index (χ2v) is 9.71. The first kappa shape index (κ1) is 22.7. The van der Waals surface area contributed by atoms with Gasteiger partial charge in [0.1, 0.15) is 22.8 Å². The number of nitrogens with one attached hydrogen (secondary N) is 2. The predicted molar refractivity (Wildman–Crippen MR) is 136 cm³/mol. The maximum Gasteiger partial charge on any atom is 0.271 e. The SMILES string of the molecule is Cc1cccc(-c2nc(C(C)(C)C)[nH]c2-c2ccc3ccc4nc(C(=O)NCCO)cn4c3n2)c1. The topological polar surface area (TPSA) is 108 Å². The Morgan fingerprint density at radius 3 is 2.63 bits per heavy atom. The minimum absolute atomic E-state index is 0.128. The van der Waals surface area contributed by atoms with Gasteiger partial charge in [0.05, 0.1) is 23.7 Å². The van der Waals surface area contributed by atoms with Gasteiger partial charge in [0.15, 0.2) is 0 Å². The van der Waals surface area contributed by atoms with Crippen LogP contribution in [0, 0.1) is 6.92 Å². The molecule has 0 bridgehead atoms. The van der Waals surface area contributed by atoms with Gasteiger partial charge >= 0.3 is 0 Å². The van der Waals surface area contributed by atoms with Gasteiger partial charge in [0, 0.05) is 29.1 Å². The molecule has 0 aliphatic heterocycles. The van der Waals surface area contributed by atoms with Gasteiger partial charge in [-0.2, -0.15) is 0 Å². The zero-order chi connectivity index (χ0) is 24.7. The fourth-order valence-corrected chi connectivity index (χ4v) is 4.05. The second-order valence-electron chi connectivity index (χ2n) is 9.71. The molecule has 0 fully saturated rings. The Kier molecular flexibility index (Phi) is 5.61. The Balaban J connectivity index is 1.68. The summed E-state index contributed by atoms with van der Waals surface area (Å²) in [5, 5.41) is 12.6. The number of aryl methyl sites for hydroxylation is 1. The number of nitrogens with zero attached hydrogens (tertiary/aromatic N) is 4. The molecule has 0 unspecified atom stereocenters. The summed E-state index contributed by atoms with van der Waals surface area (Å²) in [5.74, 6) is 0.548. The normalized spacial score (nSPS) is 11.9. The average Bonchev–Trinajstić information content (AvgIpc) is 3.47. The number of hydrogen-bond donors (Lipinski definition) is 3. The van der Waals surface area contributed by atoms with Gasteiger partial charge in [-0.15, -0.1) is 0 Å². The molecule has 0 aliphatic carbocycles. The van der Waals surface area contributed by atoms with Crippen LogP contribution in [0.1, 0.15) is 42.6 Å². The Morgan fingerprint density at radius 2 is 1.89 bits per heavy atom. The zero-order valence-corrected chi connectivity index (χ0v) is 20.3.